The van der Waals surface area contributed by atoms with Crippen molar-refractivity contribution in [1.82, 2.24) is 15.8 Å². The summed E-state index contributed by atoms with van der Waals surface area (Å²) in [6, 6.07) is 5.18. The number of anilines is 1. The van der Waals surface area contributed by atoms with Crippen molar-refractivity contribution in [3.63, 3.8) is 0 Å². The molecule has 10 heteroatoms. The molecular formula is C23H28N6O4. The number of aliphatic imine (C=N–C) groups is 2. The number of rotatable bonds is 4. The fraction of sp³-hybridized carbons (Fsp3) is 0.304. The Kier molecular flexibility index (Phi) is 7.50. The van der Waals surface area contributed by atoms with Crippen LogP contribution in [-0.2, 0) is 0 Å². The molecule has 1 aromatic heterocycles. The first-order valence-corrected chi connectivity index (χ1v) is 10.5. The molecule has 4 rings (SSSR count). The second-order valence-corrected chi connectivity index (χ2v) is 6.84. The molecule has 0 radical (unpaired) electrons. The first-order valence-electron chi connectivity index (χ1n) is 10.5. The molecule has 1 atom stereocenters. The van der Waals surface area contributed by atoms with E-state index in [1.807, 2.05) is 44.2 Å². The maximum atomic E-state index is 12.4. The number of benzene rings is 1. The maximum Gasteiger partial charge on any atom is 0.325 e. The summed E-state index contributed by atoms with van der Waals surface area (Å²) in [4.78, 5) is 21.3. The van der Waals surface area contributed by atoms with Gasteiger partial charge in [-0.1, -0.05) is 19.0 Å². The summed E-state index contributed by atoms with van der Waals surface area (Å²) in [7, 11) is 3.18. The second-order valence-electron chi connectivity index (χ2n) is 6.84. The Balaban J connectivity index is 0.00000149. The number of hydrogen-bond acceptors (Lipinski definition) is 8. The van der Waals surface area contributed by atoms with Crippen molar-refractivity contribution in [3.05, 3.63) is 53.1 Å². The van der Waals surface area contributed by atoms with Crippen LogP contribution in [0.3, 0.4) is 0 Å². The number of amides is 2. The summed E-state index contributed by atoms with van der Waals surface area (Å²) in [6.45, 7) is 7.47. The Labute approximate surface area is 192 Å². The zero-order valence-corrected chi connectivity index (χ0v) is 19.5. The molecule has 0 fully saturated rings. The molecule has 174 valence electrons. The monoisotopic (exact) mass is 452 g/mol. The lowest BCUT2D eigenvalue weighted by atomic mass is 10.1. The summed E-state index contributed by atoms with van der Waals surface area (Å²) in [5, 5.41) is 12.5. The molecular weight excluding hydrogens is 424 g/mol. The van der Waals surface area contributed by atoms with Gasteiger partial charge >= 0.3 is 6.03 Å². The summed E-state index contributed by atoms with van der Waals surface area (Å²) in [5.74, 6) is 2.12. The van der Waals surface area contributed by atoms with E-state index in [1.54, 1.807) is 28.1 Å². The molecule has 0 aliphatic carbocycles. The molecule has 3 N–H and O–H groups in total. The minimum atomic E-state index is -0.460. The van der Waals surface area contributed by atoms with E-state index in [-0.39, 0.29) is 0 Å². The molecule has 1 unspecified atom stereocenters. The Morgan fingerprint density at radius 2 is 1.85 bits per heavy atom. The van der Waals surface area contributed by atoms with E-state index in [2.05, 4.69) is 31.1 Å². The summed E-state index contributed by atoms with van der Waals surface area (Å²) >= 11 is 0. The largest absolute Gasteiger partial charge is 0.493 e. The molecule has 0 bridgehead atoms. The van der Waals surface area contributed by atoms with E-state index in [0.29, 0.717) is 34.5 Å². The number of carbonyl (C=O) groups excluding carboxylic acids is 1. The number of aromatic nitrogens is 1. The minimum absolute atomic E-state index is 0.326. The van der Waals surface area contributed by atoms with Gasteiger partial charge in [-0.15, -0.1) is 0 Å². The summed E-state index contributed by atoms with van der Waals surface area (Å²) in [5.41, 5.74) is 3.61. The van der Waals surface area contributed by atoms with Gasteiger partial charge in [-0.2, -0.15) is 0 Å². The van der Waals surface area contributed by atoms with Crippen molar-refractivity contribution in [2.45, 2.75) is 33.9 Å². The first-order chi connectivity index (χ1) is 16.0. The third-order valence-corrected chi connectivity index (χ3v) is 4.81. The lowest BCUT2D eigenvalue weighted by Crippen LogP contribution is -2.41. The van der Waals surface area contributed by atoms with Gasteiger partial charge in [-0.25, -0.2) is 9.79 Å². The number of urea groups is 1. The molecule has 2 amide bonds. The van der Waals surface area contributed by atoms with Gasteiger partial charge in [-0.3, -0.25) is 10.3 Å². The van der Waals surface area contributed by atoms with Crippen LogP contribution in [0.25, 0.3) is 5.70 Å². The molecule has 1 aromatic carbocycles. The molecule has 2 aliphatic heterocycles. The first kappa shape index (κ1) is 23.6. The molecule has 2 aliphatic rings. The van der Waals surface area contributed by atoms with Crippen LogP contribution in [0.15, 0.2) is 50.6 Å². The number of methoxy groups -OCH3 is 2. The molecule has 0 spiro atoms. The number of dihydropyridines is 1. The Morgan fingerprint density at radius 1 is 1.09 bits per heavy atom. The standard InChI is InChI=1S/C21H22N6O4.C2H6/c1-11-19(12(2)31-27-11)26-21(28)25-18-10-22-15-7-6-14(23-20(15)24-18)13-5-8-16(29-3)17(9-13)30-4;1-2/h5-10,20,23H,1-4H3,(H2,24,25,26,28);1-2H3. The smallest absolute Gasteiger partial charge is 0.325 e. The number of nitrogens with zero attached hydrogens (tertiary/aromatic N) is 3. The number of allylic oxidation sites excluding steroid dienone is 2. The van der Waals surface area contributed by atoms with E-state index in [9.17, 15) is 4.79 Å². The Morgan fingerprint density at radius 3 is 2.52 bits per heavy atom. The maximum absolute atomic E-state index is 12.4. The van der Waals surface area contributed by atoms with Gasteiger partial charge in [0.2, 0.25) is 0 Å². The van der Waals surface area contributed by atoms with Crippen LogP contribution in [0.4, 0.5) is 10.5 Å². The topological polar surface area (TPSA) is 122 Å². The number of hydrogen-bond donors (Lipinski definition) is 3. The van der Waals surface area contributed by atoms with E-state index >= 15 is 0 Å². The van der Waals surface area contributed by atoms with E-state index in [1.165, 1.54) is 6.21 Å². The quantitative estimate of drug-likeness (QED) is 0.649. The van der Waals surface area contributed by atoms with Gasteiger partial charge in [0.25, 0.3) is 0 Å². The molecule has 0 saturated heterocycles. The van der Waals surface area contributed by atoms with Crippen molar-refractivity contribution in [2.24, 2.45) is 9.98 Å². The third kappa shape index (κ3) is 5.22. The SMILES string of the molecule is CC.COc1ccc(C2=CC=C3N=CC(NC(=O)Nc4c(C)noc4C)=NC3N2)cc1OC. The number of nitrogens with one attached hydrogen (secondary N) is 3. The van der Waals surface area contributed by atoms with Gasteiger partial charge < -0.3 is 24.6 Å². The van der Waals surface area contributed by atoms with Crippen LogP contribution in [0.1, 0.15) is 30.9 Å². The summed E-state index contributed by atoms with van der Waals surface area (Å²) < 4.78 is 15.7. The summed E-state index contributed by atoms with van der Waals surface area (Å²) in [6.07, 6.45) is 4.87. The predicted molar refractivity (Wildman–Crippen MR) is 128 cm³/mol. The molecule has 10 nitrogen and oxygen atoms in total. The van der Waals surface area contributed by atoms with Crippen LogP contribution >= 0.6 is 0 Å². The van der Waals surface area contributed by atoms with E-state index in [4.69, 9.17) is 14.0 Å². The van der Waals surface area contributed by atoms with Crippen LogP contribution in [0, 0.1) is 13.8 Å². The van der Waals surface area contributed by atoms with Crippen molar-refractivity contribution in [3.8, 4) is 11.5 Å². The molecule has 3 heterocycles. The fourth-order valence-corrected chi connectivity index (χ4v) is 3.22. The molecule has 0 saturated carbocycles. The minimum Gasteiger partial charge on any atom is -0.493 e. The number of ether oxygens (including phenoxy) is 2. The Hall–Kier alpha value is -4.08. The van der Waals surface area contributed by atoms with Crippen LogP contribution < -0.4 is 25.4 Å². The zero-order valence-electron chi connectivity index (χ0n) is 19.5. The highest BCUT2D eigenvalue weighted by atomic mass is 16.5. The number of fused-ring (bicyclic) bond motifs is 1. The molecule has 33 heavy (non-hydrogen) atoms. The highest BCUT2D eigenvalue weighted by Crippen LogP contribution is 2.31. The van der Waals surface area contributed by atoms with Crippen LogP contribution in [0.2, 0.25) is 0 Å². The lowest BCUT2D eigenvalue weighted by Gasteiger charge is -2.25. The van der Waals surface area contributed by atoms with E-state index in [0.717, 1.165) is 17.0 Å². The molecule has 2 aromatic rings. The Bertz CT molecular complexity index is 1130. The van der Waals surface area contributed by atoms with E-state index < -0.39 is 12.2 Å². The highest BCUT2D eigenvalue weighted by molar-refractivity contribution is 6.34. The number of amidine groups is 1. The predicted octanol–water partition coefficient (Wildman–Crippen LogP) is 3.79. The van der Waals surface area contributed by atoms with Gasteiger partial charge in [0.15, 0.2) is 23.4 Å². The van der Waals surface area contributed by atoms with Crippen LogP contribution in [0.5, 0.6) is 11.5 Å². The van der Waals surface area contributed by atoms with Crippen molar-refractivity contribution in [2.75, 3.05) is 19.5 Å². The average Bonchev–Trinajstić information content (AvgIpc) is 3.16. The van der Waals surface area contributed by atoms with Crippen molar-refractivity contribution >= 4 is 29.5 Å². The number of aryl methyl sites for hydroxylation is 2. The lowest BCUT2D eigenvalue weighted by molar-refractivity contribution is 0.256. The number of carbonyl (C=O) groups is 1. The van der Waals surface area contributed by atoms with Gasteiger partial charge in [0.05, 0.1) is 26.1 Å². The van der Waals surface area contributed by atoms with Gasteiger partial charge in [0.1, 0.15) is 17.2 Å². The third-order valence-electron chi connectivity index (χ3n) is 4.81. The van der Waals surface area contributed by atoms with Crippen molar-refractivity contribution < 1.29 is 18.8 Å². The zero-order chi connectivity index (χ0) is 24.0. The van der Waals surface area contributed by atoms with Crippen LogP contribution in [-0.4, -0.2) is 43.6 Å². The van der Waals surface area contributed by atoms with Crippen molar-refractivity contribution in [1.29, 1.82) is 0 Å². The average molecular weight is 453 g/mol. The van der Waals surface area contributed by atoms with Gasteiger partial charge in [0, 0.05) is 11.3 Å². The highest BCUT2D eigenvalue weighted by Gasteiger charge is 2.23. The second kappa shape index (κ2) is 10.5. The fourth-order valence-electron chi connectivity index (χ4n) is 3.22. The normalized spacial score (nSPS) is 16.1. The van der Waals surface area contributed by atoms with Gasteiger partial charge in [-0.05, 0) is 44.2 Å².